The summed E-state index contributed by atoms with van der Waals surface area (Å²) < 4.78 is 10.4. The fourth-order valence-corrected chi connectivity index (χ4v) is 2.01. The van der Waals surface area contributed by atoms with Gasteiger partial charge in [-0.15, -0.1) is 0 Å². The van der Waals surface area contributed by atoms with Crippen molar-refractivity contribution in [3.05, 3.63) is 60.2 Å². The molecular formula is C19H21NO4. The van der Waals surface area contributed by atoms with Crippen LogP contribution in [0, 0.1) is 0 Å². The van der Waals surface area contributed by atoms with Gasteiger partial charge in [0, 0.05) is 5.69 Å². The number of aryl methyl sites for hydroxylation is 1. The van der Waals surface area contributed by atoms with Gasteiger partial charge < -0.3 is 14.8 Å². The molecular weight excluding hydrogens is 306 g/mol. The first kappa shape index (κ1) is 17.5. The predicted molar refractivity (Wildman–Crippen MR) is 91.9 cm³/mol. The third kappa shape index (κ3) is 5.43. The third-order valence-electron chi connectivity index (χ3n) is 3.41. The summed E-state index contributed by atoms with van der Waals surface area (Å²) in [5.74, 6) is -0.391. The van der Waals surface area contributed by atoms with Crippen LogP contribution in [-0.2, 0) is 20.7 Å². The number of hydrogen-bond donors (Lipinski definition) is 1. The highest BCUT2D eigenvalue weighted by Gasteiger charge is 2.18. The summed E-state index contributed by atoms with van der Waals surface area (Å²) in [6.07, 6.45) is 0.0416. The summed E-state index contributed by atoms with van der Waals surface area (Å²) in [6.45, 7) is 3.34. The number of carbonyl (C=O) groups is 2. The maximum atomic E-state index is 12.0. The lowest BCUT2D eigenvalue weighted by Gasteiger charge is -2.14. The van der Waals surface area contributed by atoms with Gasteiger partial charge in [-0.05, 0) is 43.2 Å². The molecule has 0 saturated carbocycles. The Bertz CT molecular complexity index is 668. The highest BCUT2D eigenvalue weighted by molar-refractivity contribution is 5.95. The number of nitrogens with one attached hydrogen (secondary N) is 1. The van der Waals surface area contributed by atoms with E-state index in [0.717, 1.165) is 6.42 Å². The van der Waals surface area contributed by atoms with Gasteiger partial charge >= 0.3 is 5.97 Å². The smallest absolute Gasteiger partial charge is 0.344 e. The number of amides is 1. The Morgan fingerprint density at radius 3 is 2.33 bits per heavy atom. The molecule has 2 aromatic carbocycles. The molecule has 0 bridgehead atoms. The molecule has 5 heteroatoms. The van der Waals surface area contributed by atoms with Crippen molar-refractivity contribution >= 4 is 17.6 Å². The minimum Gasteiger partial charge on any atom is -0.482 e. The Hall–Kier alpha value is -2.82. The number of para-hydroxylation sites is 1. The second kappa shape index (κ2) is 8.72. The largest absolute Gasteiger partial charge is 0.482 e. The summed E-state index contributed by atoms with van der Waals surface area (Å²) in [4.78, 5) is 23.7. The van der Waals surface area contributed by atoms with Crippen molar-refractivity contribution in [2.75, 3.05) is 11.9 Å². The summed E-state index contributed by atoms with van der Waals surface area (Å²) in [5, 5.41) is 2.68. The number of ether oxygens (including phenoxy) is 2. The van der Waals surface area contributed by atoms with Crippen LogP contribution in [-0.4, -0.2) is 24.6 Å². The van der Waals surface area contributed by atoms with Crippen molar-refractivity contribution in [3.63, 3.8) is 0 Å². The van der Waals surface area contributed by atoms with E-state index in [0.29, 0.717) is 11.4 Å². The van der Waals surface area contributed by atoms with Crippen molar-refractivity contribution in [2.24, 2.45) is 0 Å². The molecule has 0 unspecified atom stereocenters. The second-order valence-electron chi connectivity index (χ2n) is 5.27. The van der Waals surface area contributed by atoms with Gasteiger partial charge in [0.2, 0.25) is 0 Å². The maximum absolute atomic E-state index is 12.0. The Labute approximate surface area is 141 Å². The molecule has 1 N–H and O–H groups in total. The average molecular weight is 327 g/mol. The molecule has 0 saturated heterocycles. The molecule has 0 aromatic heterocycles. The first-order valence-corrected chi connectivity index (χ1v) is 7.85. The van der Waals surface area contributed by atoms with Crippen molar-refractivity contribution in [3.8, 4) is 5.75 Å². The van der Waals surface area contributed by atoms with Crippen LogP contribution in [0.15, 0.2) is 54.6 Å². The van der Waals surface area contributed by atoms with E-state index in [9.17, 15) is 9.59 Å². The van der Waals surface area contributed by atoms with Crippen molar-refractivity contribution in [1.82, 2.24) is 0 Å². The molecule has 0 aliphatic rings. The summed E-state index contributed by atoms with van der Waals surface area (Å²) >= 11 is 0. The van der Waals surface area contributed by atoms with Gasteiger partial charge in [-0.2, -0.15) is 0 Å². The molecule has 0 fully saturated rings. The second-order valence-corrected chi connectivity index (χ2v) is 5.27. The van der Waals surface area contributed by atoms with Gasteiger partial charge in [-0.25, -0.2) is 4.79 Å². The first-order valence-electron chi connectivity index (χ1n) is 7.85. The van der Waals surface area contributed by atoms with E-state index < -0.39 is 12.1 Å². The number of carbonyl (C=O) groups excluding carboxylic acids is 2. The van der Waals surface area contributed by atoms with Gasteiger partial charge in [0.1, 0.15) is 5.75 Å². The van der Waals surface area contributed by atoms with Gasteiger partial charge in [0.15, 0.2) is 12.7 Å². The minimum absolute atomic E-state index is 0.242. The molecule has 1 atom stereocenters. The Balaban J connectivity index is 1.77. The minimum atomic E-state index is -0.899. The highest BCUT2D eigenvalue weighted by atomic mass is 16.6. The monoisotopic (exact) mass is 327 g/mol. The first-order chi connectivity index (χ1) is 11.6. The normalized spacial score (nSPS) is 11.4. The van der Waals surface area contributed by atoms with Crippen LogP contribution in [0.5, 0.6) is 5.75 Å². The molecule has 0 aliphatic heterocycles. The van der Waals surface area contributed by atoms with E-state index in [1.807, 2.05) is 30.3 Å². The van der Waals surface area contributed by atoms with Crippen LogP contribution in [0.2, 0.25) is 0 Å². The fourth-order valence-electron chi connectivity index (χ4n) is 2.01. The van der Waals surface area contributed by atoms with Crippen LogP contribution in [0.3, 0.4) is 0 Å². The molecule has 0 heterocycles. The molecule has 126 valence electrons. The highest BCUT2D eigenvalue weighted by Crippen LogP contribution is 2.12. The van der Waals surface area contributed by atoms with Crippen molar-refractivity contribution in [2.45, 2.75) is 26.4 Å². The van der Waals surface area contributed by atoms with Crippen LogP contribution in [0.4, 0.5) is 5.69 Å². The van der Waals surface area contributed by atoms with E-state index in [-0.39, 0.29) is 12.5 Å². The lowest BCUT2D eigenvalue weighted by molar-refractivity contribution is -0.155. The van der Waals surface area contributed by atoms with Gasteiger partial charge in [-0.3, -0.25) is 4.79 Å². The van der Waals surface area contributed by atoms with Crippen LogP contribution >= 0.6 is 0 Å². The topological polar surface area (TPSA) is 64.6 Å². The lowest BCUT2D eigenvalue weighted by atomic mass is 10.2. The Morgan fingerprint density at radius 1 is 1.04 bits per heavy atom. The zero-order valence-electron chi connectivity index (χ0n) is 13.8. The number of anilines is 1. The van der Waals surface area contributed by atoms with E-state index in [1.165, 1.54) is 12.5 Å². The molecule has 2 aromatic rings. The molecule has 2 rings (SSSR count). The van der Waals surface area contributed by atoms with E-state index in [2.05, 4.69) is 12.2 Å². The lowest BCUT2D eigenvalue weighted by Crippen LogP contribution is -2.31. The number of hydrogen-bond acceptors (Lipinski definition) is 4. The van der Waals surface area contributed by atoms with Gasteiger partial charge in [0.25, 0.3) is 5.91 Å². The summed E-state index contributed by atoms with van der Waals surface area (Å²) in [5.41, 5.74) is 1.84. The van der Waals surface area contributed by atoms with Gasteiger partial charge in [-0.1, -0.05) is 37.3 Å². The van der Waals surface area contributed by atoms with E-state index in [1.54, 1.807) is 24.3 Å². The molecule has 5 nitrogen and oxygen atoms in total. The maximum Gasteiger partial charge on any atom is 0.344 e. The summed E-state index contributed by atoms with van der Waals surface area (Å²) in [7, 11) is 0. The quantitative estimate of drug-likeness (QED) is 0.793. The third-order valence-corrected chi connectivity index (χ3v) is 3.41. The zero-order valence-corrected chi connectivity index (χ0v) is 13.8. The molecule has 24 heavy (non-hydrogen) atoms. The van der Waals surface area contributed by atoms with Crippen LogP contribution < -0.4 is 10.1 Å². The van der Waals surface area contributed by atoms with E-state index in [4.69, 9.17) is 9.47 Å². The molecule has 0 aliphatic carbocycles. The standard InChI is InChI=1S/C19H21NO4/c1-3-15-9-11-17(12-10-15)23-13-18(21)24-14(2)19(22)20-16-7-5-4-6-8-16/h4-12,14H,3,13H2,1-2H3,(H,20,22)/t14-/m0/s1. The zero-order chi connectivity index (χ0) is 17.4. The fraction of sp³-hybridized carbons (Fsp3) is 0.263. The van der Waals surface area contributed by atoms with Crippen LogP contribution in [0.1, 0.15) is 19.4 Å². The van der Waals surface area contributed by atoms with Crippen LogP contribution in [0.25, 0.3) is 0 Å². The predicted octanol–water partition coefficient (Wildman–Crippen LogP) is 3.20. The number of benzene rings is 2. The Morgan fingerprint density at radius 2 is 1.71 bits per heavy atom. The van der Waals surface area contributed by atoms with Crippen molar-refractivity contribution < 1.29 is 19.1 Å². The average Bonchev–Trinajstić information content (AvgIpc) is 2.61. The molecule has 0 radical (unpaired) electrons. The van der Waals surface area contributed by atoms with Crippen molar-refractivity contribution in [1.29, 1.82) is 0 Å². The molecule has 0 spiro atoms. The summed E-state index contributed by atoms with van der Waals surface area (Å²) in [6, 6.07) is 16.5. The van der Waals surface area contributed by atoms with E-state index >= 15 is 0 Å². The SMILES string of the molecule is CCc1ccc(OCC(=O)O[C@@H](C)C(=O)Nc2ccccc2)cc1. The molecule has 1 amide bonds. The van der Waals surface area contributed by atoms with Gasteiger partial charge in [0.05, 0.1) is 0 Å². The number of rotatable bonds is 7. The Kier molecular flexibility index (Phi) is 6.37. The number of esters is 1.